The van der Waals surface area contributed by atoms with Gasteiger partial charge < -0.3 is 0 Å². The molecule has 0 aromatic heterocycles. The first kappa shape index (κ1) is 11.7. The van der Waals surface area contributed by atoms with Crippen LogP contribution in [0.1, 0.15) is 59.3 Å². The third-order valence-electron chi connectivity index (χ3n) is 5.74. The van der Waals surface area contributed by atoms with Gasteiger partial charge in [0.1, 0.15) is 0 Å². The second-order valence-electron chi connectivity index (χ2n) is 8.37. The van der Waals surface area contributed by atoms with Crippen LogP contribution in [0.5, 0.6) is 0 Å². The molecule has 4 saturated carbocycles. The molecule has 0 spiro atoms. The predicted molar refractivity (Wildman–Crippen MR) is 75.2 cm³/mol. The zero-order chi connectivity index (χ0) is 12.7. The van der Waals surface area contributed by atoms with Crippen molar-refractivity contribution >= 4 is 10.8 Å². The van der Waals surface area contributed by atoms with E-state index >= 15 is 0 Å². The Morgan fingerprint density at radius 3 is 1.78 bits per heavy atom. The Balaban J connectivity index is 1.73. The molecule has 18 heavy (non-hydrogen) atoms. The highest BCUT2D eigenvalue weighted by Crippen LogP contribution is 2.68. The Labute approximate surface area is 113 Å². The summed E-state index contributed by atoms with van der Waals surface area (Å²) in [5, 5.41) is 0. The van der Waals surface area contributed by atoms with Crippen molar-refractivity contribution in [3.05, 3.63) is 9.81 Å². The molecule has 0 amide bonds. The third-order valence-corrected chi connectivity index (χ3v) is 7.73. The van der Waals surface area contributed by atoms with Crippen LogP contribution < -0.4 is 0 Å². The van der Waals surface area contributed by atoms with Crippen LogP contribution in [0, 0.1) is 28.6 Å². The van der Waals surface area contributed by atoms with E-state index in [1.165, 1.54) is 48.3 Å². The van der Waals surface area contributed by atoms with E-state index in [-0.39, 0.29) is 5.41 Å². The number of hydrogen-bond donors (Lipinski definition) is 0. The first-order chi connectivity index (χ1) is 8.39. The number of hydrogen-bond acceptors (Lipinski definition) is 1. The average Bonchev–Trinajstić information content (AvgIpc) is 2.88. The minimum absolute atomic E-state index is 0.128. The van der Waals surface area contributed by atoms with Gasteiger partial charge in [0.25, 0.3) is 0 Å². The van der Waals surface area contributed by atoms with Crippen molar-refractivity contribution in [3.63, 3.8) is 0 Å². The highest BCUT2D eigenvalue weighted by molar-refractivity contribution is 7.99. The summed E-state index contributed by atoms with van der Waals surface area (Å²) in [6.45, 7) is 6.69. The first-order valence-electron chi connectivity index (χ1n) is 7.56. The highest BCUT2D eigenvalue weighted by Gasteiger charge is 2.59. The van der Waals surface area contributed by atoms with Gasteiger partial charge in [-0.15, -0.1) is 0 Å². The largest absolute Gasteiger partial charge is 0.250 e. The molecule has 0 radical (unpaired) electrons. The van der Waals surface area contributed by atoms with Crippen LogP contribution in [0.3, 0.4) is 0 Å². The van der Waals surface area contributed by atoms with Gasteiger partial charge in [-0.2, -0.15) is 0 Å². The van der Waals surface area contributed by atoms with E-state index in [0.29, 0.717) is 5.41 Å². The number of rotatable bonds is 1. The fraction of sp³-hybridized carbons (Fsp3) is 0.875. The van der Waals surface area contributed by atoms with Crippen molar-refractivity contribution in [1.82, 2.24) is 0 Å². The molecule has 4 bridgehead atoms. The third kappa shape index (κ3) is 1.47. The molecular formula is C16H24OS. The summed E-state index contributed by atoms with van der Waals surface area (Å²) >= 11 is 0. The summed E-state index contributed by atoms with van der Waals surface area (Å²) in [6, 6.07) is 0. The van der Waals surface area contributed by atoms with Crippen molar-refractivity contribution in [2.24, 2.45) is 28.6 Å². The van der Waals surface area contributed by atoms with Gasteiger partial charge in [-0.3, -0.25) is 0 Å². The lowest BCUT2D eigenvalue weighted by atomic mass is 9.49. The minimum atomic E-state index is -0.685. The average molecular weight is 264 g/mol. The second kappa shape index (κ2) is 3.31. The minimum Gasteiger partial charge on any atom is -0.250 e. The zero-order valence-corrected chi connectivity index (χ0v) is 12.6. The van der Waals surface area contributed by atoms with E-state index < -0.39 is 10.8 Å². The summed E-state index contributed by atoms with van der Waals surface area (Å²) in [5.74, 6) is 2.88. The van der Waals surface area contributed by atoms with E-state index in [1.807, 2.05) is 0 Å². The Morgan fingerprint density at radius 1 is 1.00 bits per heavy atom. The lowest BCUT2D eigenvalue weighted by molar-refractivity contribution is -0.0254. The standard InChI is InChI=1S/C16H24OS/c1-15(2,3)13-14(18(13)17)16-7-10-4-11(8-16)6-12(5-10)9-16/h10-12H,4-9H2,1-3H3. The van der Waals surface area contributed by atoms with Gasteiger partial charge in [0, 0.05) is 15.2 Å². The van der Waals surface area contributed by atoms with E-state index in [1.54, 1.807) is 0 Å². The summed E-state index contributed by atoms with van der Waals surface area (Å²) < 4.78 is 12.4. The monoisotopic (exact) mass is 264 g/mol. The number of allylic oxidation sites excluding steroid dienone is 2. The van der Waals surface area contributed by atoms with Gasteiger partial charge in [-0.05, 0) is 61.7 Å². The molecule has 5 aliphatic rings. The molecule has 0 aromatic rings. The quantitative estimate of drug-likeness (QED) is 0.693. The van der Waals surface area contributed by atoms with Gasteiger partial charge in [-0.1, -0.05) is 20.8 Å². The topological polar surface area (TPSA) is 17.1 Å². The molecule has 1 heterocycles. The summed E-state index contributed by atoms with van der Waals surface area (Å²) in [7, 11) is -0.685. The Morgan fingerprint density at radius 2 is 1.44 bits per heavy atom. The van der Waals surface area contributed by atoms with Crippen LogP contribution in [-0.4, -0.2) is 4.21 Å². The van der Waals surface area contributed by atoms with E-state index in [2.05, 4.69) is 20.8 Å². The first-order valence-corrected chi connectivity index (χ1v) is 8.71. The van der Waals surface area contributed by atoms with Crippen molar-refractivity contribution in [1.29, 1.82) is 0 Å². The molecule has 0 saturated heterocycles. The van der Waals surface area contributed by atoms with Gasteiger partial charge in [0.15, 0.2) is 0 Å². The lowest BCUT2D eigenvalue weighted by Crippen LogP contribution is -2.46. The second-order valence-corrected chi connectivity index (χ2v) is 9.73. The maximum absolute atomic E-state index is 12.4. The Kier molecular flexibility index (Phi) is 2.15. The van der Waals surface area contributed by atoms with Crippen LogP contribution in [-0.2, 0) is 10.8 Å². The van der Waals surface area contributed by atoms with Crippen molar-refractivity contribution in [2.75, 3.05) is 0 Å². The normalized spacial score (nSPS) is 49.9. The Hall–Kier alpha value is -0.110. The van der Waals surface area contributed by atoms with Gasteiger partial charge in [0.05, 0.1) is 10.8 Å². The molecule has 1 aliphatic heterocycles. The molecule has 0 N–H and O–H groups in total. The molecule has 4 fully saturated rings. The summed E-state index contributed by atoms with van der Waals surface area (Å²) in [4.78, 5) is 2.72. The summed E-state index contributed by atoms with van der Waals surface area (Å²) in [5.41, 5.74) is 0.520. The van der Waals surface area contributed by atoms with Crippen molar-refractivity contribution < 1.29 is 4.21 Å². The fourth-order valence-corrected chi connectivity index (χ4v) is 7.67. The molecule has 4 aliphatic carbocycles. The van der Waals surface area contributed by atoms with Crippen LogP contribution in [0.25, 0.3) is 0 Å². The van der Waals surface area contributed by atoms with Crippen LogP contribution in [0.2, 0.25) is 0 Å². The van der Waals surface area contributed by atoms with Gasteiger partial charge in [-0.25, -0.2) is 4.21 Å². The molecule has 1 nitrogen and oxygen atoms in total. The maximum Gasteiger partial charge on any atom is 0.0796 e. The van der Waals surface area contributed by atoms with Crippen molar-refractivity contribution in [3.8, 4) is 0 Å². The van der Waals surface area contributed by atoms with E-state index in [4.69, 9.17) is 0 Å². The van der Waals surface area contributed by atoms with Crippen molar-refractivity contribution in [2.45, 2.75) is 59.3 Å². The van der Waals surface area contributed by atoms with Gasteiger partial charge >= 0.3 is 0 Å². The molecule has 1 atom stereocenters. The summed E-state index contributed by atoms with van der Waals surface area (Å²) in [6.07, 6.45) is 8.51. The lowest BCUT2D eigenvalue weighted by Gasteiger charge is -2.56. The highest BCUT2D eigenvalue weighted by atomic mass is 32.2. The van der Waals surface area contributed by atoms with Crippen LogP contribution in [0.15, 0.2) is 9.81 Å². The Bertz CT molecular complexity index is 431. The molecular weight excluding hydrogens is 240 g/mol. The van der Waals surface area contributed by atoms with E-state index in [9.17, 15) is 4.21 Å². The fourth-order valence-electron chi connectivity index (χ4n) is 5.58. The maximum atomic E-state index is 12.4. The molecule has 0 aromatic carbocycles. The molecule has 1 unspecified atom stereocenters. The molecule has 100 valence electrons. The van der Waals surface area contributed by atoms with E-state index in [0.717, 1.165) is 17.8 Å². The predicted octanol–water partition coefficient (Wildman–Crippen LogP) is 4.22. The SMILES string of the molecule is CC(C)(C)C1=C(C23CC4CC(CC(C4)C2)C3)S1=O. The molecule has 5 rings (SSSR count). The zero-order valence-electron chi connectivity index (χ0n) is 11.8. The van der Waals surface area contributed by atoms with Crippen LogP contribution >= 0.6 is 0 Å². The molecule has 2 heteroatoms. The van der Waals surface area contributed by atoms with Gasteiger partial charge in [0.2, 0.25) is 0 Å². The van der Waals surface area contributed by atoms with Crippen LogP contribution in [0.4, 0.5) is 0 Å². The smallest absolute Gasteiger partial charge is 0.0796 e.